The van der Waals surface area contributed by atoms with E-state index in [9.17, 15) is 0 Å². The molecule has 0 amide bonds. The normalized spacial score (nSPS) is 19.7. The van der Waals surface area contributed by atoms with Crippen LogP contribution in [0.3, 0.4) is 0 Å². The van der Waals surface area contributed by atoms with Gasteiger partial charge in [0.05, 0.1) is 17.4 Å². The summed E-state index contributed by atoms with van der Waals surface area (Å²) < 4.78 is 0. The summed E-state index contributed by atoms with van der Waals surface area (Å²) in [6.45, 7) is 9.09. The van der Waals surface area contributed by atoms with Crippen LogP contribution in [-0.2, 0) is 0 Å². The first-order chi connectivity index (χ1) is 9.31. The third kappa shape index (κ3) is 2.32. The zero-order valence-electron chi connectivity index (χ0n) is 11.8. The molecule has 1 aromatic heterocycles. The number of anilines is 1. The van der Waals surface area contributed by atoms with Crippen molar-refractivity contribution < 1.29 is 0 Å². The van der Waals surface area contributed by atoms with E-state index in [1.54, 1.807) is 6.33 Å². The van der Waals surface area contributed by atoms with Gasteiger partial charge in [0.25, 0.3) is 0 Å². The van der Waals surface area contributed by atoms with Crippen LogP contribution in [0.5, 0.6) is 0 Å². The molecule has 1 N–H and O–H groups in total. The lowest BCUT2D eigenvalue weighted by Crippen LogP contribution is -2.37. The molecule has 2 heterocycles. The minimum absolute atomic E-state index is 0.701. The van der Waals surface area contributed by atoms with Gasteiger partial charge in [0.2, 0.25) is 0 Å². The van der Waals surface area contributed by atoms with Crippen molar-refractivity contribution in [1.82, 2.24) is 14.9 Å². The number of nitrogens with one attached hydrogen (secondary N) is 1. The molecule has 1 fully saturated rings. The fourth-order valence-corrected chi connectivity index (χ4v) is 3.13. The second-order valence-corrected chi connectivity index (χ2v) is 5.21. The first kappa shape index (κ1) is 12.5. The predicted molar refractivity (Wildman–Crippen MR) is 79.6 cm³/mol. The molecular weight excluding hydrogens is 236 g/mol. The number of likely N-dealkylation sites (N-methyl/N-ethyl adjacent to an activating group) is 1. The first-order valence-electron chi connectivity index (χ1n) is 7.24. The van der Waals surface area contributed by atoms with Crippen molar-refractivity contribution in [2.75, 3.05) is 31.1 Å². The van der Waals surface area contributed by atoms with Gasteiger partial charge >= 0.3 is 0 Å². The number of rotatable bonds is 4. The molecular formula is C15H22N4. The molecule has 2 aromatic rings. The van der Waals surface area contributed by atoms with Gasteiger partial charge in [-0.2, -0.15) is 0 Å². The van der Waals surface area contributed by atoms with Gasteiger partial charge in [-0.1, -0.05) is 13.8 Å². The van der Waals surface area contributed by atoms with Crippen molar-refractivity contribution in [3.63, 3.8) is 0 Å². The Bertz CT molecular complexity index is 544. The van der Waals surface area contributed by atoms with Crippen LogP contribution < -0.4 is 4.90 Å². The number of benzene rings is 1. The zero-order chi connectivity index (χ0) is 13.2. The van der Waals surface area contributed by atoms with E-state index in [0.717, 1.165) is 37.2 Å². The highest BCUT2D eigenvalue weighted by Gasteiger charge is 2.26. The maximum absolute atomic E-state index is 4.27. The van der Waals surface area contributed by atoms with Crippen molar-refractivity contribution in [2.45, 2.75) is 26.3 Å². The predicted octanol–water partition coefficient (Wildman–Crippen LogP) is 2.48. The number of aromatic nitrogens is 2. The van der Waals surface area contributed by atoms with E-state index in [4.69, 9.17) is 0 Å². The van der Waals surface area contributed by atoms with Crippen LogP contribution >= 0.6 is 0 Å². The first-order valence-corrected chi connectivity index (χ1v) is 7.24. The quantitative estimate of drug-likeness (QED) is 0.915. The van der Waals surface area contributed by atoms with Gasteiger partial charge in [-0.25, -0.2) is 4.98 Å². The average Bonchev–Trinajstić information content (AvgIpc) is 3.08. The molecule has 1 saturated heterocycles. The number of nitrogens with zero attached hydrogens (tertiary/aromatic N) is 3. The summed E-state index contributed by atoms with van der Waals surface area (Å²) in [5.41, 5.74) is 3.48. The average molecular weight is 258 g/mol. The molecule has 1 aliphatic rings. The molecule has 0 bridgehead atoms. The maximum atomic E-state index is 4.27. The molecule has 1 unspecified atom stereocenters. The Morgan fingerprint density at radius 2 is 2.21 bits per heavy atom. The van der Waals surface area contributed by atoms with E-state index in [2.05, 4.69) is 51.8 Å². The molecule has 19 heavy (non-hydrogen) atoms. The third-order valence-corrected chi connectivity index (χ3v) is 4.26. The van der Waals surface area contributed by atoms with Gasteiger partial charge in [0.15, 0.2) is 0 Å². The minimum atomic E-state index is 0.701. The molecule has 1 atom stereocenters. The van der Waals surface area contributed by atoms with Gasteiger partial charge in [-0.3, -0.25) is 4.90 Å². The number of aromatic amines is 1. The van der Waals surface area contributed by atoms with Crippen molar-refractivity contribution in [2.24, 2.45) is 0 Å². The highest BCUT2D eigenvalue weighted by molar-refractivity contribution is 5.79. The van der Waals surface area contributed by atoms with Gasteiger partial charge in [-0.15, -0.1) is 0 Å². The highest BCUT2D eigenvalue weighted by atomic mass is 15.2. The standard InChI is InChI=1S/C15H22N4/c1-3-18(4-2)13-7-8-19(10-13)12-5-6-14-15(9-12)17-11-16-14/h5-6,9,11,13H,3-4,7-8,10H2,1-2H3,(H,16,17). The molecule has 102 valence electrons. The van der Waals surface area contributed by atoms with Crippen LogP contribution in [0.25, 0.3) is 11.0 Å². The highest BCUT2D eigenvalue weighted by Crippen LogP contribution is 2.25. The summed E-state index contributed by atoms with van der Waals surface area (Å²) in [6, 6.07) is 7.21. The SMILES string of the molecule is CCN(CC)C1CCN(c2ccc3nc[nH]c3c2)C1. The van der Waals surface area contributed by atoms with Crippen molar-refractivity contribution >= 4 is 16.7 Å². The third-order valence-electron chi connectivity index (χ3n) is 4.26. The van der Waals surface area contributed by atoms with Crippen LogP contribution in [0, 0.1) is 0 Å². The van der Waals surface area contributed by atoms with Crippen molar-refractivity contribution in [3.05, 3.63) is 24.5 Å². The molecule has 0 radical (unpaired) electrons. The number of imidazole rings is 1. The molecule has 3 rings (SSSR count). The molecule has 0 aliphatic carbocycles. The Morgan fingerprint density at radius 3 is 3.00 bits per heavy atom. The molecule has 4 nitrogen and oxygen atoms in total. The molecule has 4 heteroatoms. The van der Waals surface area contributed by atoms with Crippen LogP contribution in [-0.4, -0.2) is 47.1 Å². The van der Waals surface area contributed by atoms with E-state index in [-0.39, 0.29) is 0 Å². The molecule has 0 spiro atoms. The fourth-order valence-electron chi connectivity index (χ4n) is 3.13. The number of H-pyrrole nitrogens is 1. The van der Waals surface area contributed by atoms with Crippen LogP contribution in [0.1, 0.15) is 20.3 Å². The summed E-state index contributed by atoms with van der Waals surface area (Å²) in [4.78, 5) is 12.5. The number of hydrogen-bond donors (Lipinski definition) is 1. The Balaban J connectivity index is 1.76. The van der Waals surface area contributed by atoms with E-state index in [1.165, 1.54) is 12.1 Å². The molecule has 1 aliphatic heterocycles. The topological polar surface area (TPSA) is 35.2 Å². The molecule has 0 saturated carbocycles. The van der Waals surface area contributed by atoms with Crippen molar-refractivity contribution in [1.29, 1.82) is 0 Å². The number of fused-ring (bicyclic) bond motifs is 1. The van der Waals surface area contributed by atoms with Crippen LogP contribution in [0.2, 0.25) is 0 Å². The minimum Gasteiger partial charge on any atom is -0.370 e. The molecule has 1 aromatic carbocycles. The largest absolute Gasteiger partial charge is 0.370 e. The lowest BCUT2D eigenvalue weighted by atomic mass is 10.2. The van der Waals surface area contributed by atoms with Gasteiger partial charge in [0, 0.05) is 24.8 Å². The van der Waals surface area contributed by atoms with E-state index in [1.807, 2.05) is 0 Å². The van der Waals surface area contributed by atoms with Crippen LogP contribution in [0.15, 0.2) is 24.5 Å². The Kier molecular flexibility index (Phi) is 3.42. The van der Waals surface area contributed by atoms with Gasteiger partial charge in [0.1, 0.15) is 0 Å². The summed E-state index contributed by atoms with van der Waals surface area (Å²) in [6.07, 6.45) is 3.03. The smallest absolute Gasteiger partial charge is 0.0931 e. The van der Waals surface area contributed by atoms with E-state index < -0.39 is 0 Å². The monoisotopic (exact) mass is 258 g/mol. The second-order valence-electron chi connectivity index (χ2n) is 5.21. The zero-order valence-corrected chi connectivity index (χ0v) is 11.8. The lowest BCUT2D eigenvalue weighted by molar-refractivity contribution is 0.232. The van der Waals surface area contributed by atoms with Crippen molar-refractivity contribution in [3.8, 4) is 0 Å². The Labute approximate surface area is 114 Å². The summed E-state index contributed by atoms with van der Waals surface area (Å²) >= 11 is 0. The van der Waals surface area contributed by atoms with Gasteiger partial charge in [-0.05, 0) is 37.7 Å². The van der Waals surface area contributed by atoms with E-state index in [0.29, 0.717) is 6.04 Å². The van der Waals surface area contributed by atoms with Crippen LogP contribution in [0.4, 0.5) is 5.69 Å². The van der Waals surface area contributed by atoms with E-state index >= 15 is 0 Å². The fraction of sp³-hybridized carbons (Fsp3) is 0.533. The Hall–Kier alpha value is -1.55. The Morgan fingerprint density at radius 1 is 1.37 bits per heavy atom. The summed E-state index contributed by atoms with van der Waals surface area (Å²) in [7, 11) is 0. The summed E-state index contributed by atoms with van der Waals surface area (Å²) in [5.74, 6) is 0. The second kappa shape index (κ2) is 5.21. The van der Waals surface area contributed by atoms with Gasteiger partial charge < -0.3 is 9.88 Å². The number of hydrogen-bond acceptors (Lipinski definition) is 3. The summed E-state index contributed by atoms with van der Waals surface area (Å²) in [5, 5.41) is 0. The lowest BCUT2D eigenvalue weighted by Gasteiger charge is -2.26. The maximum Gasteiger partial charge on any atom is 0.0931 e.